The normalized spacial score (nSPS) is 9.85. The third-order valence-corrected chi connectivity index (χ3v) is 1.24. The first-order valence-corrected chi connectivity index (χ1v) is 2.96. The number of aromatic hydroxyl groups is 3. The maximum absolute atomic E-state index is 10.7. The SMILES string of the molecule is O=C(O)C(=O)c1oc(O)c(O)c1O. The Bertz CT molecular complexity index is 375. The molecule has 0 aliphatic rings. The molecule has 7 heteroatoms. The first kappa shape index (κ1) is 8.91. The molecule has 0 saturated heterocycles. The van der Waals surface area contributed by atoms with E-state index >= 15 is 0 Å². The molecule has 0 aromatic carbocycles. The van der Waals surface area contributed by atoms with Crippen molar-refractivity contribution in [2.24, 2.45) is 0 Å². The van der Waals surface area contributed by atoms with Crippen LogP contribution in [0.25, 0.3) is 0 Å². The van der Waals surface area contributed by atoms with Crippen LogP contribution in [-0.2, 0) is 4.79 Å². The molecule has 0 aliphatic heterocycles. The van der Waals surface area contributed by atoms with Gasteiger partial charge in [-0.05, 0) is 0 Å². The molecule has 1 aromatic rings. The van der Waals surface area contributed by atoms with Gasteiger partial charge in [-0.15, -0.1) is 0 Å². The molecule has 0 aliphatic carbocycles. The molecule has 13 heavy (non-hydrogen) atoms. The molecule has 0 saturated carbocycles. The Morgan fingerprint density at radius 2 is 1.62 bits per heavy atom. The number of carboxylic acids is 1. The van der Waals surface area contributed by atoms with Crippen LogP contribution in [0.5, 0.6) is 17.4 Å². The predicted octanol–water partition coefficient (Wildman–Crippen LogP) is -0.336. The monoisotopic (exact) mass is 188 g/mol. The number of carbonyl (C=O) groups is 2. The molecule has 1 rings (SSSR count). The van der Waals surface area contributed by atoms with Crippen LogP contribution in [0.3, 0.4) is 0 Å². The van der Waals surface area contributed by atoms with Gasteiger partial charge in [0.25, 0.3) is 0 Å². The van der Waals surface area contributed by atoms with Gasteiger partial charge < -0.3 is 24.8 Å². The van der Waals surface area contributed by atoms with Crippen molar-refractivity contribution in [1.82, 2.24) is 0 Å². The fourth-order valence-electron chi connectivity index (χ4n) is 0.653. The van der Waals surface area contributed by atoms with Crippen LogP contribution in [0.2, 0.25) is 0 Å². The van der Waals surface area contributed by atoms with E-state index in [1.165, 1.54) is 0 Å². The first-order valence-electron chi connectivity index (χ1n) is 2.96. The highest BCUT2D eigenvalue weighted by Crippen LogP contribution is 2.40. The van der Waals surface area contributed by atoms with Crippen molar-refractivity contribution in [2.75, 3.05) is 0 Å². The third-order valence-electron chi connectivity index (χ3n) is 1.24. The minimum Gasteiger partial charge on any atom is -0.501 e. The zero-order valence-electron chi connectivity index (χ0n) is 6.01. The van der Waals surface area contributed by atoms with Crippen LogP contribution in [0, 0.1) is 0 Å². The number of carbonyl (C=O) groups excluding carboxylic acids is 1. The van der Waals surface area contributed by atoms with E-state index in [9.17, 15) is 9.59 Å². The second-order valence-corrected chi connectivity index (χ2v) is 2.07. The summed E-state index contributed by atoms with van der Waals surface area (Å²) >= 11 is 0. The minimum atomic E-state index is -1.87. The topological polar surface area (TPSA) is 128 Å². The molecule has 0 amide bonds. The predicted molar refractivity (Wildman–Crippen MR) is 35.7 cm³/mol. The van der Waals surface area contributed by atoms with Gasteiger partial charge in [0.2, 0.25) is 17.3 Å². The number of hydrogen-bond donors (Lipinski definition) is 4. The zero-order chi connectivity index (χ0) is 10.2. The summed E-state index contributed by atoms with van der Waals surface area (Å²) in [5, 5.41) is 34.4. The summed E-state index contributed by atoms with van der Waals surface area (Å²) in [5.41, 5.74) is 0. The van der Waals surface area contributed by atoms with Gasteiger partial charge >= 0.3 is 17.7 Å². The summed E-state index contributed by atoms with van der Waals surface area (Å²) < 4.78 is 4.09. The summed E-state index contributed by atoms with van der Waals surface area (Å²) in [6.07, 6.45) is 0. The van der Waals surface area contributed by atoms with Gasteiger partial charge in [-0.2, -0.15) is 0 Å². The lowest BCUT2D eigenvalue weighted by Crippen LogP contribution is -2.11. The van der Waals surface area contributed by atoms with Gasteiger partial charge in [-0.1, -0.05) is 0 Å². The second-order valence-electron chi connectivity index (χ2n) is 2.07. The number of Topliss-reactive ketones (excluding diaryl/α,β-unsaturated/α-hetero) is 1. The molecule has 0 fully saturated rings. The summed E-state index contributed by atoms with van der Waals surface area (Å²) in [7, 11) is 0. The van der Waals surface area contributed by atoms with E-state index in [0.29, 0.717) is 0 Å². The number of hydrogen-bond acceptors (Lipinski definition) is 6. The summed E-state index contributed by atoms with van der Waals surface area (Å²) in [4.78, 5) is 20.7. The molecule has 0 spiro atoms. The van der Waals surface area contributed by atoms with E-state index in [4.69, 9.17) is 20.4 Å². The molecular weight excluding hydrogens is 184 g/mol. The van der Waals surface area contributed by atoms with Crippen LogP contribution in [0.15, 0.2) is 4.42 Å². The molecule has 7 nitrogen and oxygen atoms in total. The quantitative estimate of drug-likeness (QED) is 0.369. The van der Waals surface area contributed by atoms with E-state index < -0.39 is 35.0 Å². The minimum absolute atomic E-state index is 1.01. The Balaban J connectivity index is 3.24. The number of ketones is 1. The standard InChI is InChI=1S/C6H4O7/c7-1-2(8)6(12)13-4(1)3(9)5(10)11/h7-8,12H,(H,10,11). The lowest BCUT2D eigenvalue weighted by Gasteiger charge is -1.88. The molecule has 1 heterocycles. The average Bonchev–Trinajstić information content (AvgIpc) is 2.31. The van der Waals surface area contributed by atoms with Crippen molar-refractivity contribution >= 4 is 11.8 Å². The zero-order valence-corrected chi connectivity index (χ0v) is 6.01. The largest absolute Gasteiger partial charge is 0.501 e. The lowest BCUT2D eigenvalue weighted by molar-refractivity contribution is -0.132. The molecule has 0 unspecified atom stereocenters. The fourth-order valence-corrected chi connectivity index (χ4v) is 0.653. The van der Waals surface area contributed by atoms with Crippen molar-refractivity contribution in [3.05, 3.63) is 5.76 Å². The third kappa shape index (κ3) is 1.26. The van der Waals surface area contributed by atoms with E-state index in [1.807, 2.05) is 0 Å². The number of furan rings is 1. The summed E-state index contributed by atoms with van der Waals surface area (Å²) in [6, 6.07) is 0. The number of rotatable bonds is 2. The Morgan fingerprint density at radius 3 is 1.92 bits per heavy atom. The molecule has 0 radical (unpaired) electrons. The summed E-state index contributed by atoms with van der Waals surface area (Å²) in [5.74, 6) is -7.71. The van der Waals surface area contributed by atoms with E-state index in [0.717, 1.165) is 0 Å². The van der Waals surface area contributed by atoms with E-state index in [2.05, 4.69) is 4.42 Å². The highest BCUT2D eigenvalue weighted by atomic mass is 16.5. The van der Waals surface area contributed by atoms with Crippen LogP contribution in [-0.4, -0.2) is 32.2 Å². The summed E-state index contributed by atoms with van der Waals surface area (Å²) in [6.45, 7) is 0. The van der Waals surface area contributed by atoms with Gasteiger partial charge in [-0.25, -0.2) is 4.79 Å². The van der Waals surface area contributed by atoms with Crippen molar-refractivity contribution in [3.8, 4) is 17.4 Å². The highest BCUT2D eigenvalue weighted by Gasteiger charge is 2.28. The highest BCUT2D eigenvalue weighted by molar-refractivity contribution is 6.39. The van der Waals surface area contributed by atoms with Crippen molar-refractivity contribution in [2.45, 2.75) is 0 Å². The fraction of sp³-hybridized carbons (Fsp3) is 0. The first-order chi connectivity index (χ1) is 5.95. The van der Waals surface area contributed by atoms with Gasteiger partial charge in [0, 0.05) is 0 Å². The Morgan fingerprint density at radius 1 is 1.08 bits per heavy atom. The van der Waals surface area contributed by atoms with Crippen LogP contribution in [0.4, 0.5) is 0 Å². The maximum atomic E-state index is 10.7. The molecule has 70 valence electrons. The second kappa shape index (κ2) is 2.70. The Kier molecular flexibility index (Phi) is 1.85. The van der Waals surface area contributed by atoms with Crippen LogP contribution < -0.4 is 0 Å². The van der Waals surface area contributed by atoms with Crippen molar-refractivity contribution < 1.29 is 34.4 Å². The molecule has 0 bridgehead atoms. The van der Waals surface area contributed by atoms with Crippen LogP contribution >= 0.6 is 0 Å². The molecule has 4 N–H and O–H groups in total. The Hall–Kier alpha value is -2.18. The van der Waals surface area contributed by atoms with Crippen molar-refractivity contribution in [1.29, 1.82) is 0 Å². The van der Waals surface area contributed by atoms with E-state index in [-0.39, 0.29) is 0 Å². The van der Waals surface area contributed by atoms with Crippen molar-refractivity contribution in [3.63, 3.8) is 0 Å². The van der Waals surface area contributed by atoms with Gasteiger partial charge in [0.15, 0.2) is 0 Å². The van der Waals surface area contributed by atoms with Crippen LogP contribution in [0.1, 0.15) is 10.6 Å². The van der Waals surface area contributed by atoms with Gasteiger partial charge in [-0.3, -0.25) is 4.79 Å². The molecule has 1 aromatic heterocycles. The average molecular weight is 188 g/mol. The van der Waals surface area contributed by atoms with Gasteiger partial charge in [0.1, 0.15) is 0 Å². The lowest BCUT2D eigenvalue weighted by atomic mass is 10.3. The van der Waals surface area contributed by atoms with E-state index in [1.54, 1.807) is 0 Å². The van der Waals surface area contributed by atoms with Gasteiger partial charge in [0.05, 0.1) is 0 Å². The smallest absolute Gasteiger partial charge is 0.380 e. The molecular formula is C6H4O7. The number of carboxylic acid groups (broad SMARTS) is 1. The maximum Gasteiger partial charge on any atom is 0.380 e. The number of aliphatic carboxylic acids is 1. The molecule has 0 atom stereocenters. The Labute approximate surface area is 70.5 Å².